The number of aliphatic hydroxyl groups is 3. The summed E-state index contributed by atoms with van der Waals surface area (Å²) in [5.74, 6) is 0.323. The van der Waals surface area contributed by atoms with Crippen LogP contribution in [0.5, 0.6) is 5.75 Å². The third-order valence-corrected chi connectivity index (χ3v) is 3.04. The van der Waals surface area contributed by atoms with Crippen LogP contribution in [0.15, 0.2) is 30.3 Å². The normalized spacial score (nSPS) is 32.4. The molecule has 0 radical (unpaired) electrons. The van der Waals surface area contributed by atoms with Gasteiger partial charge in [0, 0.05) is 0 Å². The molecule has 1 aromatic rings. The first-order valence-corrected chi connectivity index (χ1v) is 6.18. The number of rotatable bonds is 5. The molecule has 3 N–H and O–H groups in total. The van der Waals surface area contributed by atoms with Crippen LogP contribution >= 0.6 is 0 Å². The highest BCUT2D eigenvalue weighted by Crippen LogP contribution is 2.26. The Morgan fingerprint density at radius 2 is 1.90 bits per heavy atom. The zero-order chi connectivity index (χ0) is 15.4. The van der Waals surface area contributed by atoms with Gasteiger partial charge < -0.3 is 29.6 Å². The van der Waals surface area contributed by atoms with Crippen molar-refractivity contribution in [3.8, 4) is 5.75 Å². The van der Waals surface area contributed by atoms with Crippen LogP contribution in [0.3, 0.4) is 0 Å². The predicted molar refractivity (Wildman–Crippen MR) is 66.7 cm³/mol. The minimum Gasteiger partial charge on any atom is -0.485 e. The standard InChI is InChI=1S/C12H15NO8/c14-6-8-9(15)10(19-7-4-2-1-3-5-7)11(12(16)20-8)21-13(17)18/h1-5,8-12,14-16H,6H2/t8-,9+,10+,11-,12-/m1/s1. The van der Waals surface area contributed by atoms with Crippen molar-refractivity contribution >= 4 is 0 Å². The summed E-state index contributed by atoms with van der Waals surface area (Å²) in [6.45, 7) is -0.585. The van der Waals surface area contributed by atoms with E-state index in [0.29, 0.717) is 5.75 Å². The van der Waals surface area contributed by atoms with Crippen LogP contribution in [-0.2, 0) is 9.57 Å². The molecule has 9 heteroatoms. The molecule has 0 aromatic heterocycles. The molecule has 116 valence electrons. The van der Waals surface area contributed by atoms with Gasteiger partial charge in [0.15, 0.2) is 18.5 Å². The van der Waals surface area contributed by atoms with E-state index in [-0.39, 0.29) is 0 Å². The quantitative estimate of drug-likeness (QED) is 0.470. The van der Waals surface area contributed by atoms with E-state index in [9.17, 15) is 20.3 Å². The van der Waals surface area contributed by atoms with Crippen LogP contribution in [0.2, 0.25) is 0 Å². The molecule has 9 nitrogen and oxygen atoms in total. The van der Waals surface area contributed by atoms with Crippen LogP contribution in [0.1, 0.15) is 0 Å². The second-order valence-electron chi connectivity index (χ2n) is 4.43. The molecule has 21 heavy (non-hydrogen) atoms. The van der Waals surface area contributed by atoms with Crippen molar-refractivity contribution in [1.29, 1.82) is 0 Å². The summed E-state index contributed by atoms with van der Waals surface area (Å²) < 4.78 is 10.3. The van der Waals surface area contributed by atoms with Gasteiger partial charge in [-0.15, -0.1) is 10.1 Å². The molecule has 1 saturated heterocycles. The van der Waals surface area contributed by atoms with E-state index in [0.717, 1.165) is 0 Å². The molecule has 0 bridgehead atoms. The minimum atomic E-state index is -1.72. The fourth-order valence-electron chi connectivity index (χ4n) is 2.06. The summed E-state index contributed by atoms with van der Waals surface area (Å²) >= 11 is 0. The van der Waals surface area contributed by atoms with Crippen LogP contribution < -0.4 is 4.74 Å². The average Bonchev–Trinajstić information content (AvgIpc) is 2.47. The molecule has 2 rings (SSSR count). The Balaban J connectivity index is 2.22. The second-order valence-corrected chi connectivity index (χ2v) is 4.43. The Morgan fingerprint density at radius 3 is 2.48 bits per heavy atom. The predicted octanol–water partition coefficient (Wildman–Crippen LogP) is -0.919. The van der Waals surface area contributed by atoms with Gasteiger partial charge in [0.1, 0.15) is 18.0 Å². The average molecular weight is 301 g/mol. The zero-order valence-corrected chi connectivity index (χ0v) is 10.8. The number of ether oxygens (including phenoxy) is 2. The van der Waals surface area contributed by atoms with Crippen LogP contribution in [0.4, 0.5) is 0 Å². The van der Waals surface area contributed by atoms with Gasteiger partial charge in [-0.25, -0.2) is 0 Å². The number of benzene rings is 1. The molecular weight excluding hydrogens is 286 g/mol. The summed E-state index contributed by atoms with van der Waals surface area (Å²) in [5, 5.41) is 38.3. The van der Waals surface area contributed by atoms with Gasteiger partial charge in [-0.3, -0.25) is 0 Å². The Labute approximate surface area is 119 Å². The van der Waals surface area contributed by atoms with Crippen molar-refractivity contribution in [1.82, 2.24) is 0 Å². The SMILES string of the molecule is O=[N+]([O-])O[C@@H]1[C@@H](Oc2ccccc2)[C@@H](O)[C@@H](CO)O[C@H]1O. The van der Waals surface area contributed by atoms with E-state index in [1.54, 1.807) is 30.3 Å². The maximum atomic E-state index is 10.5. The van der Waals surface area contributed by atoms with Crippen molar-refractivity contribution in [2.24, 2.45) is 0 Å². The second kappa shape index (κ2) is 6.68. The van der Waals surface area contributed by atoms with E-state index in [1.165, 1.54) is 0 Å². The van der Waals surface area contributed by atoms with Gasteiger partial charge in [0.2, 0.25) is 0 Å². The Kier molecular flexibility index (Phi) is 4.91. The molecule has 1 aliphatic rings. The summed E-state index contributed by atoms with van der Waals surface area (Å²) in [4.78, 5) is 14.8. The lowest BCUT2D eigenvalue weighted by atomic mass is 9.99. The molecular formula is C12H15NO8. The largest absolute Gasteiger partial charge is 0.485 e. The van der Waals surface area contributed by atoms with E-state index in [2.05, 4.69) is 4.84 Å². The van der Waals surface area contributed by atoms with Crippen molar-refractivity contribution in [3.63, 3.8) is 0 Å². The van der Waals surface area contributed by atoms with E-state index >= 15 is 0 Å². The summed E-state index contributed by atoms with van der Waals surface area (Å²) in [6.07, 6.45) is -7.09. The van der Waals surface area contributed by atoms with Crippen molar-refractivity contribution in [2.45, 2.75) is 30.7 Å². The van der Waals surface area contributed by atoms with Crippen LogP contribution in [0.25, 0.3) is 0 Å². The third-order valence-electron chi connectivity index (χ3n) is 3.04. The van der Waals surface area contributed by atoms with Gasteiger partial charge in [-0.1, -0.05) is 18.2 Å². The van der Waals surface area contributed by atoms with E-state index in [4.69, 9.17) is 14.6 Å². The van der Waals surface area contributed by atoms with E-state index in [1.807, 2.05) is 0 Å². The Bertz CT molecular complexity index is 470. The van der Waals surface area contributed by atoms with Crippen molar-refractivity contribution in [3.05, 3.63) is 40.4 Å². The van der Waals surface area contributed by atoms with Crippen molar-refractivity contribution in [2.75, 3.05) is 6.61 Å². The van der Waals surface area contributed by atoms with Gasteiger partial charge in [0.05, 0.1) is 6.61 Å². The van der Waals surface area contributed by atoms with Crippen LogP contribution in [0, 0.1) is 10.1 Å². The highest BCUT2D eigenvalue weighted by Gasteiger charge is 2.48. The minimum absolute atomic E-state index is 0.323. The molecule has 0 amide bonds. The summed E-state index contributed by atoms with van der Waals surface area (Å²) in [7, 11) is 0. The fourth-order valence-corrected chi connectivity index (χ4v) is 2.06. The molecule has 1 fully saturated rings. The first-order chi connectivity index (χ1) is 10.0. The number of nitrogens with zero attached hydrogens (tertiary/aromatic N) is 1. The third kappa shape index (κ3) is 3.58. The number of aliphatic hydroxyl groups excluding tert-OH is 3. The Morgan fingerprint density at radius 1 is 1.24 bits per heavy atom. The van der Waals surface area contributed by atoms with Gasteiger partial charge in [0.25, 0.3) is 5.09 Å². The molecule has 0 aliphatic carbocycles. The molecule has 0 spiro atoms. The van der Waals surface area contributed by atoms with Gasteiger partial charge >= 0.3 is 0 Å². The fraction of sp³-hybridized carbons (Fsp3) is 0.500. The summed E-state index contributed by atoms with van der Waals surface area (Å²) in [5.41, 5.74) is 0. The molecule has 0 unspecified atom stereocenters. The highest BCUT2D eigenvalue weighted by atomic mass is 17.0. The smallest absolute Gasteiger partial charge is 0.295 e. The lowest BCUT2D eigenvalue weighted by Gasteiger charge is -2.40. The van der Waals surface area contributed by atoms with Gasteiger partial charge in [-0.2, -0.15) is 0 Å². The topological polar surface area (TPSA) is 132 Å². The lowest BCUT2D eigenvalue weighted by Crippen LogP contribution is -2.61. The molecule has 1 aromatic carbocycles. The highest BCUT2D eigenvalue weighted by molar-refractivity contribution is 5.21. The van der Waals surface area contributed by atoms with Crippen LogP contribution in [-0.4, -0.2) is 57.7 Å². The zero-order valence-electron chi connectivity index (χ0n) is 10.8. The lowest BCUT2D eigenvalue weighted by molar-refractivity contribution is -0.776. The first kappa shape index (κ1) is 15.4. The number of hydrogen-bond donors (Lipinski definition) is 3. The first-order valence-electron chi connectivity index (χ1n) is 6.18. The van der Waals surface area contributed by atoms with Gasteiger partial charge in [-0.05, 0) is 12.1 Å². The molecule has 1 heterocycles. The Hall–Kier alpha value is -1.94. The molecule has 5 atom stereocenters. The molecule has 0 saturated carbocycles. The number of hydrogen-bond acceptors (Lipinski definition) is 8. The maximum Gasteiger partial charge on any atom is 0.295 e. The monoisotopic (exact) mass is 301 g/mol. The van der Waals surface area contributed by atoms with E-state index < -0.39 is 42.4 Å². The summed E-state index contributed by atoms with van der Waals surface area (Å²) in [6, 6.07) is 8.23. The number of para-hydroxylation sites is 1. The van der Waals surface area contributed by atoms with Crippen molar-refractivity contribution < 1.29 is 34.7 Å². The molecule has 1 aliphatic heterocycles. The maximum absolute atomic E-state index is 10.5.